The molecule has 0 bridgehead atoms. The van der Waals surface area contributed by atoms with Crippen LogP contribution >= 0.6 is 11.6 Å². The lowest BCUT2D eigenvalue weighted by Crippen LogP contribution is -2.31. The minimum absolute atomic E-state index is 0.00125. The van der Waals surface area contributed by atoms with E-state index in [0.29, 0.717) is 24.4 Å². The van der Waals surface area contributed by atoms with Crippen molar-refractivity contribution < 1.29 is 29.2 Å². The van der Waals surface area contributed by atoms with Crippen molar-refractivity contribution in [3.8, 4) is 17.5 Å². The van der Waals surface area contributed by atoms with Crippen LogP contribution in [0, 0.1) is 12.7 Å². The molecule has 7 nitrogen and oxygen atoms in total. The summed E-state index contributed by atoms with van der Waals surface area (Å²) in [4.78, 5) is 13.8. The molecule has 3 aromatic rings. The Morgan fingerprint density at radius 2 is 1.86 bits per heavy atom. The highest BCUT2D eigenvalue weighted by Gasteiger charge is 2.24. The Labute approximate surface area is 215 Å². The first-order valence-corrected chi connectivity index (χ1v) is 12.3. The molecule has 194 valence electrons. The Kier molecular flexibility index (Phi) is 9.61. The van der Waals surface area contributed by atoms with Crippen molar-refractivity contribution in [2.45, 2.75) is 52.2 Å². The van der Waals surface area contributed by atoms with E-state index < -0.39 is 17.8 Å². The van der Waals surface area contributed by atoms with Gasteiger partial charge in [0.1, 0.15) is 18.2 Å². The van der Waals surface area contributed by atoms with Gasteiger partial charge in [0.2, 0.25) is 0 Å². The number of carboxylic acids is 1. The Morgan fingerprint density at radius 3 is 2.47 bits per heavy atom. The molecule has 9 heteroatoms. The van der Waals surface area contributed by atoms with E-state index in [9.17, 15) is 24.5 Å². The Bertz CT molecular complexity index is 1160. The molecule has 0 spiro atoms. The molecule has 1 atom stereocenters. The Hall–Kier alpha value is -3.23. The highest BCUT2D eigenvalue weighted by atomic mass is 35.5. The third-order valence-electron chi connectivity index (χ3n) is 6.07. The maximum absolute atomic E-state index is 14.2. The van der Waals surface area contributed by atoms with E-state index in [1.165, 1.54) is 28.8 Å². The number of aromatic nitrogens is 1. The lowest BCUT2D eigenvalue weighted by atomic mass is 10.00. The van der Waals surface area contributed by atoms with Gasteiger partial charge in [-0.15, -0.1) is 0 Å². The standard InChI is InChI=1S/C27H32ClFN2O5/c1-3-4-11-30(23(16-27(34)35)20-6-7-21(28)22(29)15-20)17-19-5-8-24(18(2)14-19)36-13-12-31-25(32)9-10-26(31)33/h5-10,14-15,23,32-33H,3-4,11-13,16-17H2,1-2H3,(H,34,35). The molecule has 0 fully saturated rings. The van der Waals surface area contributed by atoms with Gasteiger partial charge in [0, 0.05) is 24.7 Å². The van der Waals surface area contributed by atoms with Crippen molar-refractivity contribution in [2.75, 3.05) is 13.2 Å². The molecule has 0 aliphatic carbocycles. The second kappa shape index (κ2) is 12.6. The van der Waals surface area contributed by atoms with Crippen molar-refractivity contribution in [3.05, 3.63) is 76.1 Å². The fourth-order valence-electron chi connectivity index (χ4n) is 4.18. The summed E-state index contributed by atoms with van der Waals surface area (Å²) >= 11 is 5.85. The SMILES string of the molecule is CCCCN(Cc1ccc(OCCn2c(O)ccc2O)c(C)c1)C(CC(=O)O)c1ccc(Cl)c(F)c1. The van der Waals surface area contributed by atoms with E-state index >= 15 is 0 Å². The molecule has 3 N–H and O–H groups in total. The zero-order chi connectivity index (χ0) is 26.2. The van der Waals surface area contributed by atoms with E-state index in [1.807, 2.05) is 25.1 Å². The zero-order valence-electron chi connectivity index (χ0n) is 20.5. The van der Waals surface area contributed by atoms with Gasteiger partial charge in [-0.3, -0.25) is 14.3 Å². The van der Waals surface area contributed by atoms with Crippen LogP contribution in [0.2, 0.25) is 5.02 Å². The molecular formula is C27H32ClFN2O5. The predicted molar refractivity (Wildman–Crippen MR) is 136 cm³/mol. The van der Waals surface area contributed by atoms with Crippen LogP contribution in [0.4, 0.5) is 4.39 Å². The van der Waals surface area contributed by atoms with Crippen LogP contribution in [-0.4, -0.2) is 43.9 Å². The number of hydrogen-bond donors (Lipinski definition) is 3. The van der Waals surface area contributed by atoms with Crippen LogP contribution in [0.5, 0.6) is 17.5 Å². The summed E-state index contributed by atoms with van der Waals surface area (Å²) in [5.41, 5.74) is 2.45. The first-order valence-electron chi connectivity index (χ1n) is 11.9. The molecule has 1 aromatic heterocycles. The van der Waals surface area contributed by atoms with Gasteiger partial charge in [-0.05, 0) is 54.8 Å². The summed E-state index contributed by atoms with van der Waals surface area (Å²) in [6, 6.07) is 12.5. The first-order chi connectivity index (χ1) is 17.2. The minimum Gasteiger partial charge on any atom is -0.494 e. The van der Waals surface area contributed by atoms with Crippen LogP contribution in [0.25, 0.3) is 0 Å². The van der Waals surface area contributed by atoms with Crippen molar-refractivity contribution in [2.24, 2.45) is 0 Å². The van der Waals surface area contributed by atoms with Crippen LogP contribution in [0.15, 0.2) is 48.5 Å². The second-order valence-electron chi connectivity index (χ2n) is 8.76. The fourth-order valence-corrected chi connectivity index (χ4v) is 4.30. The fraction of sp³-hybridized carbons (Fsp3) is 0.370. The molecule has 0 aliphatic heterocycles. The number of carboxylic acid groups (broad SMARTS) is 1. The molecule has 1 heterocycles. The molecule has 0 radical (unpaired) electrons. The summed E-state index contributed by atoms with van der Waals surface area (Å²) in [6.07, 6.45) is 1.64. The number of aryl methyl sites for hydroxylation is 1. The molecule has 36 heavy (non-hydrogen) atoms. The maximum atomic E-state index is 14.2. The molecule has 0 amide bonds. The van der Waals surface area contributed by atoms with E-state index in [-0.39, 0.29) is 36.4 Å². The van der Waals surface area contributed by atoms with Crippen LogP contribution in [0.3, 0.4) is 0 Å². The number of aromatic hydroxyl groups is 2. The van der Waals surface area contributed by atoms with E-state index in [2.05, 4.69) is 11.8 Å². The summed E-state index contributed by atoms with van der Waals surface area (Å²) in [5.74, 6) is -0.930. The second-order valence-corrected chi connectivity index (χ2v) is 9.17. The summed E-state index contributed by atoms with van der Waals surface area (Å²) in [6.45, 7) is 5.65. The number of hydrogen-bond acceptors (Lipinski definition) is 5. The average molecular weight is 519 g/mol. The van der Waals surface area contributed by atoms with Crippen LogP contribution in [0.1, 0.15) is 48.9 Å². The number of halogens is 2. The molecular weight excluding hydrogens is 487 g/mol. The van der Waals surface area contributed by atoms with E-state index in [4.69, 9.17) is 16.3 Å². The van der Waals surface area contributed by atoms with Gasteiger partial charge < -0.3 is 20.1 Å². The van der Waals surface area contributed by atoms with Gasteiger partial charge in [-0.25, -0.2) is 4.39 Å². The van der Waals surface area contributed by atoms with Crippen molar-refractivity contribution in [1.29, 1.82) is 0 Å². The summed E-state index contributed by atoms with van der Waals surface area (Å²) < 4.78 is 21.4. The molecule has 0 saturated carbocycles. The van der Waals surface area contributed by atoms with Gasteiger partial charge in [0.05, 0.1) is 18.0 Å². The highest BCUT2D eigenvalue weighted by Crippen LogP contribution is 2.30. The number of nitrogens with zero attached hydrogens (tertiary/aromatic N) is 2. The van der Waals surface area contributed by atoms with Gasteiger partial charge in [0.25, 0.3) is 0 Å². The molecule has 0 aliphatic rings. The number of carbonyl (C=O) groups is 1. The highest BCUT2D eigenvalue weighted by molar-refractivity contribution is 6.30. The lowest BCUT2D eigenvalue weighted by Gasteiger charge is -2.31. The lowest BCUT2D eigenvalue weighted by molar-refractivity contribution is -0.138. The van der Waals surface area contributed by atoms with Crippen LogP contribution in [-0.2, 0) is 17.9 Å². The third kappa shape index (κ3) is 7.15. The largest absolute Gasteiger partial charge is 0.494 e. The number of unbranched alkanes of at least 4 members (excludes halogenated alkanes) is 1. The normalized spacial score (nSPS) is 12.1. The number of aliphatic carboxylic acids is 1. The number of ether oxygens (including phenoxy) is 1. The minimum atomic E-state index is -0.962. The quantitative estimate of drug-likeness (QED) is 0.261. The van der Waals surface area contributed by atoms with E-state index in [1.54, 1.807) is 6.07 Å². The van der Waals surface area contributed by atoms with Crippen molar-refractivity contribution >= 4 is 17.6 Å². The van der Waals surface area contributed by atoms with Gasteiger partial charge in [-0.1, -0.05) is 43.1 Å². The summed E-state index contributed by atoms with van der Waals surface area (Å²) in [5, 5.41) is 29.1. The van der Waals surface area contributed by atoms with Crippen molar-refractivity contribution in [3.63, 3.8) is 0 Å². The Morgan fingerprint density at radius 1 is 1.14 bits per heavy atom. The van der Waals surface area contributed by atoms with Gasteiger partial charge in [-0.2, -0.15) is 0 Å². The Balaban J connectivity index is 1.76. The van der Waals surface area contributed by atoms with Gasteiger partial charge >= 0.3 is 5.97 Å². The number of benzene rings is 2. The molecule has 0 saturated heterocycles. The number of rotatable bonds is 13. The predicted octanol–water partition coefficient (Wildman–Crippen LogP) is 5.90. The molecule has 1 unspecified atom stereocenters. The third-order valence-corrected chi connectivity index (χ3v) is 6.37. The first kappa shape index (κ1) is 27.4. The average Bonchev–Trinajstić information content (AvgIpc) is 3.15. The smallest absolute Gasteiger partial charge is 0.305 e. The maximum Gasteiger partial charge on any atom is 0.305 e. The topological polar surface area (TPSA) is 95.2 Å². The monoisotopic (exact) mass is 518 g/mol. The summed E-state index contributed by atoms with van der Waals surface area (Å²) in [7, 11) is 0. The van der Waals surface area contributed by atoms with Gasteiger partial charge in [0.15, 0.2) is 11.8 Å². The molecule has 3 rings (SSSR count). The molecule has 2 aromatic carbocycles. The van der Waals surface area contributed by atoms with E-state index in [0.717, 1.165) is 24.0 Å². The zero-order valence-corrected chi connectivity index (χ0v) is 21.2. The van der Waals surface area contributed by atoms with Crippen molar-refractivity contribution in [1.82, 2.24) is 9.47 Å². The van der Waals surface area contributed by atoms with Crippen LogP contribution < -0.4 is 4.74 Å².